The lowest BCUT2D eigenvalue weighted by Crippen LogP contribution is -2.04. The summed E-state index contributed by atoms with van der Waals surface area (Å²) < 4.78 is 7.01. The summed E-state index contributed by atoms with van der Waals surface area (Å²) in [6, 6.07) is 7.40. The highest BCUT2D eigenvalue weighted by molar-refractivity contribution is 6.30. The number of aliphatic hydroxyl groups is 1. The van der Waals surface area contributed by atoms with Crippen LogP contribution in [0.4, 0.5) is 0 Å². The molecule has 1 heterocycles. The molecule has 5 heteroatoms. The number of aryl methyl sites for hydroxylation is 1. The molecule has 1 N–H and O–H groups in total. The Labute approximate surface area is 130 Å². The molecule has 0 saturated carbocycles. The maximum Gasteiger partial charge on any atom is 0.133 e. The fourth-order valence-electron chi connectivity index (χ4n) is 2.30. The van der Waals surface area contributed by atoms with Crippen molar-refractivity contribution >= 4 is 11.6 Å². The predicted molar refractivity (Wildman–Crippen MR) is 84.0 cm³/mol. The van der Waals surface area contributed by atoms with Crippen LogP contribution in [0, 0.1) is 0 Å². The van der Waals surface area contributed by atoms with Gasteiger partial charge in [-0.1, -0.05) is 37.6 Å². The van der Waals surface area contributed by atoms with Crippen molar-refractivity contribution in [2.24, 2.45) is 7.05 Å². The van der Waals surface area contributed by atoms with Gasteiger partial charge in [-0.3, -0.25) is 4.68 Å². The van der Waals surface area contributed by atoms with Gasteiger partial charge in [-0.2, -0.15) is 5.10 Å². The van der Waals surface area contributed by atoms with E-state index in [0.29, 0.717) is 17.3 Å². The topological polar surface area (TPSA) is 47.3 Å². The van der Waals surface area contributed by atoms with Crippen molar-refractivity contribution in [3.05, 3.63) is 46.2 Å². The third-order valence-corrected chi connectivity index (χ3v) is 3.82. The van der Waals surface area contributed by atoms with Crippen molar-refractivity contribution in [1.82, 2.24) is 9.78 Å². The molecule has 21 heavy (non-hydrogen) atoms. The molecule has 4 nitrogen and oxygen atoms in total. The minimum atomic E-state index is -0.792. The first-order chi connectivity index (χ1) is 9.95. The van der Waals surface area contributed by atoms with E-state index in [1.54, 1.807) is 11.7 Å². The van der Waals surface area contributed by atoms with E-state index in [9.17, 15) is 5.11 Å². The summed E-state index contributed by atoms with van der Waals surface area (Å²) >= 11 is 6.30. The second-order valence-electron chi connectivity index (χ2n) is 5.27. The van der Waals surface area contributed by atoms with Gasteiger partial charge in [-0.25, -0.2) is 0 Å². The van der Waals surface area contributed by atoms with E-state index in [1.165, 1.54) is 0 Å². The predicted octanol–water partition coefficient (Wildman–Crippen LogP) is 3.68. The van der Waals surface area contributed by atoms with Crippen LogP contribution in [-0.2, 0) is 7.05 Å². The third-order valence-electron chi connectivity index (χ3n) is 3.37. The maximum atomic E-state index is 10.7. The number of aromatic nitrogens is 2. The van der Waals surface area contributed by atoms with Gasteiger partial charge in [0.1, 0.15) is 17.0 Å². The molecule has 0 saturated heterocycles. The number of nitrogens with zero attached hydrogens (tertiary/aromatic N) is 2. The molecule has 0 bridgehead atoms. The number of benzene rings is 1. The number of halogens is 1. The van der Waals surface area contributed by atoms with Crippen LogP contribution >= 0.6 is 11.6 Å². The van der Waals surface area contributed by atoms with Gasteiger partial charge in [-0.05, 0) is 30.5 Å². The lowest BCUT2D eigenvalue weighted by atomic mass is 9.97. The van der Waals surface area contributed by atoms with Crippen molar-refractivity contribution in [2.75, 3.05) is 6.61 Å². The van der Waals surface area contributed by atoms with Gasteiger partial charge in [0, 0.05) is 12.6 Å². The second kappa shape index (κ2) is 6.50. The molecule has 1 atom stereocenters. The largest absolute Gasteiger partial charge is 0.494 e. The zero-order valence-electron chi connectivity index (χ0n) is 12.8. The van der Waals surface area contributed by atoms with Crippen molar-refractivity contribution in [3.8, 4) is 5.75 Å². The van der Waals surface area contributed by atoms with Gasteiger partial charge in [0.25, 0.3) is 0 Å². The van der Waals surface area contributed by atoms with Crippen molar-refractivity contribution in [1.29, 1.82) is 0 Å². The minimum Gasteiger partial charge on any atom is -0.494 e. The second-order valence-corrected chi connectivity index (χ2v) is 5.63. The van der Waals surface area contributed by atoms with Crippen LogP contribution in [0.1, 0.15) is 49.6 Å². The molecule has 1 aromatic carbocycles. The van der Waals surface area contributed by atoms with E-state index in [4.69, 9.17) is 16.3 Å². The maximum absolute atomic E-state index is 10.7. The van der Waals surface area contributed by atoms with Crippen LogP contribution in [0.3, 0.4) is 0 Å². The van der Waals surface area contributed by atoms with Crippen molar-refractivity contribution in [3.63, 3.8) is 0 Å². The summed E-state index contributed by atoms with van der Waals surface area (Å²) in [5.74, 6) is 0.978. The molecule has 0 aliphatic heterocycles. The van der Waals surface area contributed by atoms with E-state index in [-0.39, 0.29) is 5.92 Å². The summed E-state index contributed by atoms with van der Waals surface area (Å²) in [4.78, 5) is 0. The fourth-order valence-corrected chi connectivity index (χ4v) is 2.54. The summed E-state index contributed by atoms with van der Waals surface area (Å²) in [5, 5.41) is 15.5. The van der Waals surface area contributed by atoms with E-state index in [0.717, 1.165) is 17.0 Å². The molecular formula is C16H21ClN2O2. The standard InChI is InChI=1S/C16H21ClN2O2/c1-5-21-12-8-6-11(7-9-12)15(20)13-14(10(2)3)18-19(4)16(13)17/h6-10,15,20H,5H2,1-4H3. The molecule has 0 amide bonds. The number of rotatable bonds is 5. The number of aliphatic hydroxyl groups excluding tert-OH is 1. The molecule has 0 spiro atoms. The molecule has 1 unspecified atom stereocenters. The zero-order valence-corrected chi connectivity index (χ0v) is 13.6. The summed E-state index contributed by atoms with van der Waals surface area (Å²) in [6.07, 6.45) is -0.792. The third kappa shape index (κ3) is 3.22. The van der Waals surface area contributed by atoms with Gasteiger partial charge in [0.05, 0.1) is 12.3 Å². The molecule has 0 aliphatic carbocycles. The van der Waals surface area contributed by atoms with Crippen LogP contribution in [0.5, 0.6) is 5.75 Å². The molecule has 0 aliphatic rings. The Bertz CT molecular complexity index is 605. The molecule has 1 aromatic heterocycles. The van der Waals surface area contributed by atoms with Crippen LogP contribution in [-0.4, -0.2) is 21.5 Å². The highest BCUT2D eigenvalue weighted by Crippen LogP contribution is 2.34. The zero-order chi connectivity index (χ0) is 15.6. The molecule has 2 rings (SSSR count). The first-order valence-electron chi connectivity index (χ1n) is 7.08. The van der Waals surface area contributed by atoms with Crippen LogP contribution < -0.4 is 4.74 Å². The summed E-state index contributed by atoms with van der Waals surface area (Å²) in [6.45, 7) is 6.63. The summed E-state index contributed by atoms with van der Waals surface area (Å²) in [7, 11) is 1.78. The van der Waals surface area contributed by atoms with Crippen molar-refractivity contribution in [2.45, 2.75) is 32.8 Å². The van der Waals surface area contributed by atoms with E-state index >= 15 is 0 Å². The molecule has 114 valence electrons. The Morgan fingerprint density at radius 3 is 2.43 bits per heavy atom. The van der Waals surface area contributed by atoms with Gasteiger partial charge in [0.15, 0.2) is 0 Å². The Morgan fingerprint density at radius 2 is 1.90 bits per heavy atom. The number of hydrogen-bond donors (Lipinski definition) is 1. The lowest BCUT2D eigenvalue weighted by Gasteiger charge is -2.14. The SMILES string of the molecule is CCOc1ccc(C(O)c2c(C(C)C)nn(C)c2Cl)cc1. The molecular weight excluding hydrogens is 288 g/mol. The van der Waals surface area contributed by atoms with Gasteiger partial charge in [-0.15, -0.1) is 0 Å². The Kier molecular flexibility index (Phi) is 4.91. The van der Waals surface area contributed by atoms with E-state index in [2.05, 4.69) is 5.10 Å². The summed E-state index contributed by atoms with van der Waals surface area (Å²) in [5.41, 5.74) is 2.28. The minimum absolute atomic E-state index is 0.191. The average Bonchev–Trinajstić information content (AvgIpc) is 2.76. The van der Waals surface area contributed by atoms with E-state index in [1.807, 2.05) is 45.0 Å². The van der Waals surface area contributed by atoms with Crippen LogP contribution in [0.2, 0.25) is 5.15 Å². The van der Waals surface area contributed by atoms with Crippen LogP contribution in [0.25, 0.3) is 0 Å². The molecule has 0 fully saturated rings. The van der Waals surface area contributed by atoms with Crippen molar-refractivity contribution < 1.29 is 9.84 Å². The highest BCUT2D eigenvalue weighted by Gasteiger charge is 2.24. The normalized spacial score (nSPS) is 12.7. The molecule has 0 radical (unpaired) electrons. The quantitative estimate of drug-likeness (QED) is 0.916. The molecule has 2 aromatic rings. The van der Waals surface area contributed by atoms with E-state index < -0.39 is 6.10 Å². The Hall–Kier alpha value is -1.52. The lowest BCUT2D eigenvalue weighted by molar-refractivity contribution is 0.218. The van der Waals surface area contributed by atoms with Crippen LogP contribution in [0.15, 0.2) is 24.3 Å². The first-order valence-corrected chi connectivity index (χ1v) is 7.46. The monoisotopic (exact) mass is 308 g/mol. The smallest absolute Gasteiger partial charge is 0.133 e. The number of ether oxygens (including phenoxy) is 1. The van der Waals surface area contributed by atoms with Gasteiger partial charge >= 0.3 is 0 Å². The first kappa shape index (κ1) is 15.9. The Balaban J connectivity index is 2.37. The average molecular weight is 309 g/mol. The van der Waals surface area contributed by atoms with Gasteiger partial charge in [0.2, 0.25) is 0 Å². The highest BCUT2D eigenvalue weighted by atomic mass is 35.5. The fraction of sp³-hybridized carbons (Fsp3) is 0.438. The Morgan fingerprint density at radius 1 is 1.29 bits per heavy atom. The van der Waals surface area contributed by atoms with Gasteiger partial charge < -0.3 is 9.84 Å². The number of hydrogen-bond acceptors (Lipinski definition) is 3.